The van der Waals surface area contributed by atoms with Crippen molar-refractivity contribution < 1.29 is 19.4 Å². The number of carbonyl (C=O) groups excluding carboxylic acids is 1. The third-order valence-electron chi connectivity index (χ3n) is 6.16. The number of benzene rings is 1. The molecule has 0 spiro atoms. The molecule has 1 aromatic carbocycles. The Bertz CT molecular complexity index is 608. The van der Waals surface area contributed by atoms with Crippen LogP contribution in [0.3, 0.4) is 0 Å². The Morgan fingerprint density at radius 2 is 1.83 bits per heavy atom. The third-order valence-corrected chi connectivity index (χ3v) is 6.16. The van der Waals surface area contributed by atoms with E-state index in [4.69, 9.17) is 9.47 Å². The summed E-state index contributed by atoms with van der Waals surface area (Å²) in [5.74, 6) is 0.663. The summed E-state index contributed by atoms with van der Waals surface area (Å²) in [5.41, 5.74) is 1.26. The highest BCUT2D eigenvalue weighted by Gasteiger charge is 2.26. The van der Waals surface area contributed by atoms with Gasteiger partial charge in [-0.15, -0.1) is 0 Å². The maximum absolute atomic E-state index is 11.6. The van der Waals surface area contributed by atoms with Gasteiger partial charge < -0.3 is 24.8 Å². The maximum atomic E-state index is 11.6. The van der Waals surface area contributed by atoms with Crippen molar-refractivity contribution in [1.29, 1.82) is 0 Å². The van der Waals surface area contributed by atoms with E-state index in [2.05, 4.69) is 22.3 Å². The Morgan fingerprint density at radius 1 is 1.14 bits per heavy atom. The largest absolute Gasteiger partial charge is 0.491 e. The van der Waals surface area contributed by atoms with Crippen molar-refractivity contribution in [2.24, 2.45) is 5.92 Å². The molecule has 6 heteroatoms. The minimum atomic E-state index is -0.544. The highest BCUT2D eigenvalue weighted by atomic mass is 16.5. The fraction of sp³-hybridized carbons (Fsp3) is 0.696. The molecule has 2 aliphatic rings. The van der Waals surface area contributed by atoms with Gasteiger partial charge in [-0.2, -0.15) is 0 Å². The van der Waals surface area contributed by atoms with Crippen LogP contribution in [0.4, 0.5) is 0 Å². The summed E-state index contributed by atoms with van der Waals surface area (Å²) < 4.78 is 10.6. The highest BCUT2D eigenvalue weighted by molar-refractivity contribution is 5.72. The molecule has 0 aromatic heterocycles. The summed E-state index contributed by atoms with van der Waals surface area (Å²) in [5, 5.41) is 14.0. The number of nitrogens with zero attached hydrogens (tertiary/aromatic N) is 1. The number of carbonyl (C=O) groups is 1. The summed E-state index contributed by atoms with van der Waals surface area (Å²) >= 11 is 0. The lowest BCUT2D eigenvalue weighted by Crippen LogP contribution is -2.42. The number of aliphatic hydroxyl groups is 1. The second-order valence-corrected chi connectivity index (χ2v) is 8.42. The predicted molar refractivity (Wildman–Crippen MR) is 113 cm³/mol. The van der Waals surface area contributed by atoms with Gasteiger partial charge in [0.1, 0.15) is 18.5 Å². The van der Waals surface area contributed by atoms with Gasteiger partial charge in [-0.3, -0.25) is 4.79 Å². The lowest BCUT2D eigenvalue weighted by atomic mass is 9.95. The maximum Gasteiger partial charge on any atom is 0.308 e. The van der Waals surface area contributed by atoms with Gasteiger partial charge in [0.2, 0.25) is 0 Å². The van der Waals surface area contributed by atoms with Crippen LogP contribution in [0.15, 0.2) is 24.3 Å². The third kappa shape index (κ3) is 7.28. The number of aliphatic hydroxyl groups excluding tert-OH is 1. The lowest BCUT2D eigenvalue weighted by Gasteiger charge is -2.31. The van der Waals surface area contributed by atoms with E-state index in [9.17, 15) is 9.90 Å². The van der Waals surface area contributed by atoms with Gasteiger partial charge in [0.05, 0.1) is 13.0 Å². The molecule has 1 aliphatic heterocycles. The zero-order valence-corrected chi connectivity index (χ0v) is 17.6. The van der Waals surface area contributed by atoms with Crippen LogP contribution in [0.5, 0.6) is 5.75 Å². The van der Waals surface area contributed by atoms with Crippen molar-refractivity contribution in [3.63, 3.8) is 0 Å². The number of ether oxygens (including phenoxy) is 2. The zero-order chi connectivity index (χ0) is 20.5. The Kier molecular flexibility index (Phi) is 8.77. The molecule has 29 heavy (non-hydrogen) atoms. The first-order valence-electron chi connectivity index (χ1n) is 11.1. The molecule has 2 fully saturated rings. The monoisotopic (exact) mass is 404 g/mol. The first kappa shape index (κ1) is 22.1. The number of rotatable bonds is 9. The number of piperidine rings is 1. The molecule has 2 N–H and O–H groups in total. The van der Waals surface area contributed by atoms with E-state index in [0.29, 0.717) is 12.6 Å². The van der Waals surface area contributed by atoms with E-state index < -0.39 is 6.10 Å². The molecular weight excluding hydrogens is 368 g/mol. The smallest absolute Gasteiger partial charge is 0.308 e. The summed E-state index contributed by atoms with van der Waals surface area (Å²) in [6.07, 6.45) is 7.68. The number of likely N-dealkylation sites (tertiary alicyclic amines) is 1. The molecule has 1 heterocycles. The fourth-order valence-corrected chi connectivity index (χ4v) is 4.33. The first-order valence-corrected chi connectivity index (χ1v) is 11.1. The van der Waals surface area contributed by atoms with E-state index in [-0.39, 0.29) is 18.5 Å². The second-order valence-electron chi connectivity index (χ2n) is 8.42. The van der Waals surface area contributed by atoms with Crippen molar-refractivity contribution in [2.75, 3.05) is 33.4 Å². The fourth-order valence-electron chi connectivity index (χ4n) is 4.33. The van der Waals surface area contributed by atoms with E-state index >= 15 is 0 Å². The minimum Gasteiger partial charge on any atom is -0.491 e. The SMILES string of the molecule is COC(=O)C1CCN(C[C@H](O)COc2ccc(CNC3CCCCC3)cc2)CC1. The first-order chi connectivity index (χ1) is 14.1. The Hall–Kier alpha value is -1.63. The molecule has 3 rings (SSSR count). The van der Waals surface area contributed by atoms with Crippen molar-refractivity contribution >= 4 is 5.97 Å². The number of hydrogen-bond donors (Lipinski definition) is 2. The van der Waals surface area contributed by atoms with Gasteiger partial charge in [-0.1, -0.05) is 31.4 Å². The topological polar surface area (TPSA) is 71.0 Å². The Labute approximate surface area is 174 Å². The van der Waals surface area contributed by atoms with Crippen molar-refractivity contribution in [1.82, 2.24) is 10.2 Å². The Morgan fingerprint density at radius 3 is 2.48 bits per heavy atom. The van der Waals surface area contributed by atoms with Crippen molar-refractivity contribution in [2.45, 2.75) is 63.6 Å². The van der Waals surface area contributed by atoms with Gasteiger partial charge in [0.25, 0.3) is 0 Å². The number of esters is 1. The normalized spacial score (nSPS) is 20.3. The van der Waals surface area contributed by atoms with Crippen LogP contribution < -0.4 is 10.1 Å². The van der Waals surface area contributed by atoms with Gasteiger partial charge in [0, 0.05) is 19.1 Å². The average Bonchev–Trinajstić information content (AvgIpc) is 2.77. The summed E-state index contributed by atoms with van der Waals surface area (Å²) in [4.78, 5) is 13.8. The molecule has 1 saturated heterocycles. The molecule has 1 atom stereocenters. The van der Waals surface area contributed by atoms with E-state index in [1.807, 2.05) is 12.1 Å². The van der Waals surface area contributed by atoms with Gasteiger partial charge >= 0.3 is 5.97 Å². The molecular formula is C23H36N2O4. The molecule has 6 nitrogen and oxygen atoms in total. The van der Waals surface area contributed by atoms with Crippen LogP contribution in [0, 0.1) is 5.92 Å². The molecule has 1 aliphatic carbocycles. The van der Waals surface area contributed by atoms with E-state index in [1.165, 1.54) is 44.8 Å². The highest BCUT2D eigenvalue weighted by Crippen LogP contribution is 2.20. The molecule has 1 aromatic rings. The summed E-state index contributed by atoms with van der Waals surface area (Å²) in [6, 6.07) is 8.80. The van der Waals surface area contributed by atoms with E-state index in [1.54, 1.807) is 0 Å². The van der Waals surface area contributed by atoms with Crippen molar-refractivity contribution in [3.05, 3.63) is 29.8 Å². The summed E-state index contributed by atoms with van der Waals surface area (Å²) in [6.45, 7) is 3.35. The van der Waals surface area contributed by atoms with Gasteiger partial charge in [0.15, 0.2) is 0 Å². The van der Waals surface area contributed by atoms with Crippen LogP contribution in [0.2, 0.25) is 0 Å². The standard InChI is InChI=1S/C23H36N2O4/c1-28-23(27)19-11-13-25(14-12-19)16-21(26)17-29-22-9-7-18(8-10-22)15-24-20-5-3-2-4-6-20/h7-10,19-21,24,26H,2-6,11-17H2,1H3/t21-/m0/s1. The van der Waals surface area contributed by atoms with Crippen molar-refractivity contribution in [3.8, 4) is 5.75 Å². The van der Waals surface area contributed by atoms with Gasteiger partial charge in [-0.05, 0) is 56.5 Å². The number of hydrogen-bond acceptors (Lipinski definition) is 6. The summed E-state index contributed by atoms with van der Waals surface area (Å²) in [7, 11) is 1.44. The predicted octanol–water partition coefficient (Wildman–Crippen LogP) is 2.73. The lowest BCUT2D eigenvalue weighted by molar-refractivity contribution is -0.147. The van der Waals surface area contributed by atoms with Gasteiger partial charge in [-0.25, -0.2) is 0 Å². The molecule has 162 valence electrons. The van der Waals surface area contributed by atoms with E-state index in [0.717, 1.165) is 38.2 Å². The zero-order valence-electron chi connectivity index (χ0n) is 17.6. The Balaban J connectivity index is 1.32. The van der Waals surface area contributed by atoms with Crippen LogP contribution in [0.1, 0.15) is 50.5 Å². The molecule has 0 radical (unpaired) electrons. The molecule has 1 saturated carbocycles. The van der Waals surface area contributed by atoms with Crippen LogP contribution >= 0.6 is 0 Å². The minimum absolute atomic E-state index is 0.00393. The van der Waals surface area contributed by atoms with Crippen LogP contribution in [-0.4, -0.2) is 61.5 Å². The van der Waals surface area contributed by atoms with Crippen LogP contribution in [-0.2, 0) is 16.1 Å². The number of β-amino-alcohol motifs (C(OH)–C–C–N with tert-alkyl or cyclic N) is 1. The molecule has 0 bridgehead atoms. The molecule has 0 amide bonds. The quantitative estimate of drug-likeness (QED) is 0.617. The second kappa shape index (κ2) is 11.5. The molecule has 0 unspecified atom stereocenters. The average molecular weight is 405 g/mol. The number of methoxy groups -OCH3 is 1. The van der Waals surface area contributed by atoms with Crippen LogP contribution in [0.25, 0.3) is 0 Å². The number of nitrogens with one attached hydrogen (secondary N) is 1.